The number of anilines is 2. The van der Waals surface area contributed by atoms with Crippen molar-refractivity contribution in [2.75, 3.05) is 10.6 Å². The van der Waals surface area contributed by atoms with E-state index in [9.17, 15) is 14.4 Å². The zero-order valence-electron chi connectivity index (χ0n) is 20.6. The van der Waals surface area contributed by atoms with E-state index in [-0.39, 0.29) is 17.5 Å². The Morgan fingerprint density at radius 1 is 0.897 bits per heavy atom. The largest absolute Gasteiger partial charge is 0.324 e. The molecule has 6 nitrogen and oxygen atoms in total. The highest BCUT2D eigenvalue weighted by Crippen LogP contribution is 2.29. The molecule has 0 radical (unpaired) electrons. The highest BCUT2D eigenvalue weighted by Gasteiger charge is 2.18. The summed E-state index contributed by atoms with van der Waals surface area (Å²) in [4.78, 5) is 40.1. The lowest BCUT2D eigenvalue weighted by Gasteiger charge is -2.14. The third kappa shape index (κ3) is 8.21. The van der Waals surface area contributed by atoms with Crippen molar-refractivity contribution in [3.63, 3.8) is 0 Å². The van der Waals surface area contributed by atoms with Crippen LogP contribution in [0.4, 0.5) is 11.4 Å². The second-order valence-electron chi connectivity index (χ2n) is 8.25. The van der Waals surface area contributed by atoms with Crippen LogP contribution in [0.5, 0.6) is 0 Å². The van der Waals surface area contributed by atoms with Gasteiger partial charge in [-0.2, -0.15) is 0 Å². The van der Waals surface area contributed by atoms with Crippen LogP contribution in [0.2, 0.25) is 10.0 Å². The van der Waals surface area contributed by atoms with Gasteiger partial charge in [0.15, 0.2) is 0 Å². The fourth-order valence-corrected chi connectivity index (χ4v) is 5.22. The Bertz CT molecular complexity index is 1490. The molecule has 0 saturated carbocycles. The lowest BCUT2D eigenvalue weighted by molar-refractivity contribution is -0.115. The standard InChI is InChI=1S/C29H23Cl2N3O3S2/c1-18(27(35)33-25-16-20(30)9-14-24(25)31)39-22-12-10-21(11-13-22)32-29(37)26(17-23-8-5-15-38-23)34-28(36)19-6-3-2-4-7-19/h2-18H,1H3,(H,32,37)(H,33,35)(H,34,36)/b26-17-. The zero-order chi connectivity index (χ0) is 27.8. The van der Waals surface area contributed by atoms with E-state index in [2.05, 4.69) is 16.0 Å². The van der Waals surface area contributed by atoms with Crippen LogP contribution in [0.25, 0.3) is 6.08 Å². The molecule has 10 heteroatoms. The Balaban J connectivity index is 1.40. The second kappa shape index (κ2) is 13.5. The summed E-state index contributed by atoms with van der Waals surface area (Å²) in [6.45, 7) is 1.78. The van der Waals surface area contributed by atoms with Gasteiger partial charge in [0.2, 0.25) is 5.91 Å². The summed E-state index contributed by atoms with van der Waals surface area (Å²) < 4.78 is 0. The first-order chi connectivity index (χ1) is 18.8. The minimum absolute atomic E-state index is 0.120. The number of rotatable bonds is 9. The Labute approximate surface area is 244 Å². The SMILES string of the molecule is CC(Sc1ccc(NC(=O)/C(=C/c2cccs2)NC(=O)c2ccccc2)cc1)C(=O)Nc1cc(Cl)ccc1Cl. The second-order valence-corrected chi connectivity index (χ2v) is 11.5. The molecule has 0 spiro atoms. The van der Waals surface area contributed by atoms with E-state index in [1.165, 1.54) is 23.1 Å². The summed E-state index contributed by atoms with van der Waals surface area (Å²) in [6.07, 6.45) is 1.64. The first-order valence-corrected chi connectivity index (χ1v) is 14.3. The van der Waals surface area contributed by atoms with Crippen LogP contribution in [0.15, 0.2) is 101 Å². The molecule has 0 fully saturated rings. The maximum atomic E-state index is 13.1. The Kier molecular flexibility index (Phi) is 9.84. The highest BCUT2D eigenvalue weighted by atomic mass is 35.5. The van der Waals surface area contributed by atoms with Crippen LogP contribution in [0.1, 0.15) is 22.2 Å². The van der Waals surface area contributed by atoms with E-state index in [1.54, 1.807) is 67.6 Å². The van der Waals surface area contributed by atoms with Crippen molar-refractivity contribution in [2.45, 2.75) is 17.1 Å². The fraction of sp³-hybridized carbons (Fsp3) is 0.0690. The number of hydrogen-bond acceptors (Lipinski definition) is 5. The maximum absolute atomic E-state index is 13.1. The van der Waals surface area contributed by atoms with Gasteiger partial charge in [-0.3, -0.25) is 14.4 Å². The number of halogens is 2. The topological polar surface area (TPSA) is 87.3 Å². The van der Waals surface area contributed by atoms with Crippen LogP contribution >= 0.6 is 46.3 Å². The van der Waals surface area contributed by atoms with Gasteiger partial charge in [0.05, 0.1) is 16.0 Å². The molecule has 39 heavy (non-hydrogen) atoms. The Hall–Kier alpha value is -3.56. The molecule has 1 unspecified atom stereocenters. The highest BCUT2D eigenvalue weighted by molar-refractivity contribution is 8.00. The van der Waals surface area contributed by atoms with Gasteiger partial charge in [0.1, 0.15) is 5.70 Å². The molecule has 0 aliphatic heterocycles. The molecule has 1 aromatic heterocycles. The number of carbonyl (C=O) groups is 3. The third-order valence-electron chi connectivity index (χ3n) is 5.34. The van der Waals surface area contributed by atoms with Gasteiger partial charge in [-0.05, 0) is 79.0 Å². The van der Waals surface area contributed by atoms with Crippen molar-refractivity contribution < 1.29 is 14.4 Å². The quantitative estimate of drug-likeness (QED) is 0.137. The van der Waals surface area contributed by atoms with E-state index < -0.39 is 11.2 Å². The first-order valence-electron chi connectivity index (χ1n) is 11.7. The molecule has 3 N–H and O–H groups in total. The molecule has 0 saturated heterocycles. The number of benzene rings is 3. The Morgan fingerprint density at radius 2 is 1.64 bits per heavy atom. The van der Waals surface area contributed by atoms with Gasteiger partial charge >= 0.3 is 0 Å². The summed E-state index contributed by atoms with van der Waals surface area (Å²) >= 11 is 15.0. The lowest BCUT2D eigenvalue weighted by Crippen LogP contribution is -2.30. The molecular formula is C29H23Cl2N3O3S2. The van der Waals surface area contributed by atoms with E-state index in [0.717, 1.165) is 9.77 Å². The molecule has 1 heterocycles. The van der Waals surface area contributed by atoms with Crippen molar-refractivity contribution in [3.05, 3.63) is 116 Å². The van der Waals surface area contributed by atoms with Gasteiger partial charge in [0.25, 0.3) is 11.8 Å². The van der Waals surface area contributed by atoms with E-state index >= 15 is 0 Å². The number of hydrogen-bond donors (Lipinski definition) is 3. The number of amides is 3. The van der Waals surface area contributed by atoms with Crippen molar-refractivity contribution >= 4 is 81.5 Å². The van der Waals surface area contributed by atoms with Crippen molar-refractivity contribution in [3.8, 4) is 0 Å². The van der Waals surface area contributed by atoms with Crippen LogP contribution in [0.3, 0.4) is 0 Å². The summed E-state index contributed by atoms with van der Waals surface area (Å²) in [5.41, 5.74) is 1.55. The predicted octanol–water partition coefficient (Wildman–Crippen LogP) is 7.58. The van der Waals surface area contributed by atoms with Crippen molar-refractivity contribution in [2.24, 2.45) is 0 Å². The number of thioether (sulfide) groups is 1. The van der Waals surface area contributed by atoms with Crippen molar-refractivity contribution in [1.29, 1.82) is 0 Å². The minimum atomic E-state index is -0.459. The van der Waals surface area contributed by atoms with Crippen LogP contribution in [0, 0.1) is 0 Å². The first kappa shape index (κ1) is 28.4. The molecule has 198 valence electrons. The molecule has 0 bridgehead atoms. The third-order valence-corrected chi connectivity index (χ3v) is 7.84. The van der Waals surface area contributed by atoms with Gasteiger partial charge in [0, 0.05) is 26.0 Å². The average Bonchev–Trinajstić information content (AvgIpc) is 3.45. The molecule has 0 aliphatic carbocycles. The minimum Gasteiger partial charge on any atom is -0.324 e. The van der Waals surface area contributed by atoms with E-state index in [4.69, 9.17) is 23.2 Å². The Morgan fingerprint density at radius 3 is 2.33 bits per heavy atom. The summed E-state index contributed by atoms with van der Waals surface area (Å²) in [6, 6.07) is 24.4. The van der Waals surface area contributed by atoms with Gasteiger partial charge in [-0.1, -0.05) is 47.5 Å². The van der Waals surface area contributed by atoms with Crippen LogP contribution in [-0.4, -0.2) is 23.0 Å². The summed E-state index contributed by atoms with van der Waals surface area (Å²) in [5.74, 6) is -1.06. The van der Waals surface area contributed by atoms with Crippen LogP contribution in [-0.2, 0) is 9.59 Å². The van der Waals surface area contributed by atoms with Gasteiger partial charge in [-0.15, -0.1) is 23.1 Å². The number of thiophene rings is 1. The average molecular weight is 597 g/mol. The summed E-state index contributed by atoms with van der Waals surface area (Å²) in [7, 11) is 0. The van der Waals surface area contributed by atoms with Crippen LogP contribution < -0.4 is 16.0 Å². The number of nitrogens with one attached hydrogen (secondary N) is 3. The molecule has 0 aliphatic rings. The fourth-order valence-electron chi connectivity index (χ4n) is 3.36. The van der Waals surface area contributed by atoms with E-state index in [1.807, 2.05) is 35.7 Å². The molecular weight excluding hydrogens is 573 g/mol. The van der Waals surface area contributed by atoms with Gasteiger partial charge < -0.3 is 16.0 Å². The number of carbonyl (C=O) groups excluding carboxylic acids is 3. The molecule has 4 aromatic rings. The maximum Gasteiger partial charge on any atom is 0.272 e. The predicted molar refractivity (Wildman–Crippen MR) is 162 cm³/mol. The van der Waals surface area contributed by atoms with Gasteiger partial charge in [-0.25, -0.2) is 0 Å². The normalized spacial score (nSPS) is 11.9. The molecule has 1 atom stereocenters. The van der Waals surface area contributed by atoms with Crippen molar-refractivity contribution in [1.82, 2.24) is 5.32 Å². The zero-order valence-corrected chi connectivity index (χ0v) is 23.8. The molecule has 3 amide bonds. The molecule has 4 rings (SSSR count). The summed E-state index contributed by atoms with van der Waals surface area (Å²) in [5, 5.41) is 10.7. The molecule has 3 aromatic carbocycles. The monoisotopic (exact) mass is 595 g/mol. The van der Waals surface area contributed by atoms with E-state index in [0.29, 0.717) is 27.0 Å². The smallest absolute Gasteiger partial charge is 0.272 e. The lowest BCUT2D eigenvalue weighted by atomic mass is 10.2.